The zero-order valence-electron chi connectivity index (χ0n) is 44.2. The Morgan fingerprint density at radius 2 is 0.582 bits per heavy atom. The third-order valence-electron chi connectivity index (χ3n) is 14.5. The number of hydrogen-bond acceptors (Lipinski definition) is 0. The number of halogens is 3. The summed E-state index contributed by atoms with van der Waals surface area (Å²) in [5, 5.41) is 6.90. The molecule has 0 aromatic heterocycles. The largest absolute Gasteiger partial charge is 1.00 e. The van der Waals surface area contributed by atoms with Crippen LogP contribution in [0.2, 0.25) is 0 Å². The predicted octanol–water partition coefficient (Wildman–Crippen LogP) is 8.38. The minimum absolute atomic E-state index is 0. The monoisotopic (exact) mass is 1020 g/mol. The molecule has 0 bridgehead atoms. The maximum atomic E-state index is 2.81. The van der Waals surface area contributed by atoms with Crippen molar-refractivity contribution in [1.29, 1.82) is 0 Å². The van der Waals surface area contributed by atoms with Crippen LogP contribution in [0.4, 0.5) is 0 Å². The van der Waals surface area contributed by atoms with E-state index in [4.69, 9.17) is 0 Å². The van der Waals surface area contributed by atoms with Crippen molar-refractivity contribution in [2.75, 3.05) is 0 Å². The molecular weight excluding hydrogens is 927 g/mol. The van der Waals surface area contributed by atoms with Gasteiger partial charge in [0.25, 0.3) is 0 Å². The molecule has 1 aliphatic carbocycles. The molecule has 0 nitrogen and oxygen atoms in total. The van der Waals surface area contributed by atoms with Gasteiger partial charge in [-0.25, -0.2) is 0 Å². The molecule has 0 aliphatic heterocycles. The van der Waals surface area contributed by atoms with E-state index >= 15 is 0 Å². The molecule has 374 valence electrons. The second kappa shape index (κ2) is 37.7. The zero-order chi connectivity index (χ0) is 45.8. The number of benzene rings is 3. The molecule has 0 saturated carbocycles. The Hall–Kier alpha value is -1.06. The fourth-order valence-corrected chi connectivity index (χ4v) is 17.6. The summed E-state index contributed by atoms with van der Waals surface area (Å²) in [6.45, 7) is 16.6. The number of aryl methyl sites for hydroxylation is 6. The van der Waals surface area contributed by atoms with Gasteiger partial charge in [0, 0.05) is 0 Å². The first-order valence-corrected chi connectivity index (χ1v) is 30.7. The van der Waals surface area contributed by atoms with E-state index in [2.05, 4.69) is 130 Å². The van der Waals surface area contributed by atoms with Crippen molar-refractivity contribution in [3.05, 3.63) is 109 Å². The number of unbranched alkanes of at least 4 members (excludes halogenated alkanes) is 18. The van der Waals surface area contributed by atoms with Crippen LogP contribution in [0.25, 0.3) is 0 Å². The normalized spacial score (nSPS) is 12.5. The van der Waals surface area contributed by atoms with Crippen molar-refractivity contribution in [3.63, 3.8) is 0 Å². The molecule has 0 unspecified atom stereocenters. The maximum absolute atomic E-state index is 2.81. The Morgan fingerprint density at radius 1 is 0.328 bits per heavy atom. The average Bonchev–Trinajstić information content (AvgIpc) is 3.66. The van der Waals surface area contributed by atoms with Crippen molar-refractivity contribution in [2.45, 2.75) is 260 Å². The molecule has 4 rings (SSSR count). The molecular formula is C62H97Cl3SiTi. The smallest absolute Gasteiger partial charge is 1.00 e. The van der Waals surface area contributed by atoms with Crippen LogP contribution in [-0.4, -0.2) is 8.07 Å². The standard InChI is InChI=1S/C62H97Si.3ClH.Ti/c1-8-15-21-27-34-53-42-54(35-28-22-16-9-2)47-60(46-53)63(59-41-40-52(45-59)33-14-7,61-48-55(36-29-23-17-10-3)43-56(49-61)37-30-24-18-11-4)62-50-57(38-31-25-19-12-5)44-58(51-62)39-32-26-20-13-6;;;;/h40,42-44,46-51H,8-39,41H2,1-7H3;3*1H;/q;;;;+3/p-3. The van der Waals surface area contributed by atoms with Crippen LogP contribution in [0.3, 0.4) is 0 Å². The fraction of sp³-hybridized carbons (Fsp3) is 0.645. The third-order valence-corrected chi connectivity index (χ3v) is 20.7. The summed E-state index contributed by atoms with van der Waals surface area (Å²) in [5.41, 5.74) is 11.3. The summed E-state index contributed by atoms with van der Waals surface area (Å²) in [6, 6.07) is 24.9. The molecule has 0 heterocycles. The van der Waals surface area contributed by atoms with Crippen molar-refractivity contribution in [3.8, 4) is 0 Å². The van der Waals surface area contributed by atoms with Gasteiger partial charge in [-0.05, 0) is 0 Å². The van der Waals surface area contributed by atoms with Crippen LogP contribution in [0, 0.1) is 0 Å². The summed E-state index contributed by atoms with van der Waals surface area (Å²) < 4.78 is 1.64. The van der Waals surface area contributed by atoms with Gasteiger partial charge in [0.1, 0.15) is 0 Å². The van der Waals surface area contributed by atoms with Gasteiger partial charge in [-0.3, -0.25) is 0 Å². The second-order valence-electron chi connectivity index (χ2n) is 20.3. The molecule has 0 spiro atoms. The Bertz CT molecular complexity index is 1560. The summed E-state index contributed by atoms with van der Waals surface area (Å²) in [4.78, 5) is 0. The molecule has 0 saturated heterocycles. The predicted molar refractivity (Wildman–Crippen MR) is 286 cm³/mol. The topological polar surface area (TPSA) is 0 Å². The van der Waals surface area contributed by atoms with Crippen LogP contribution in [-0.2, 0) is 59.0 Å². The van der Waals surface area contributed by atoms with Crippen LogP contribution >= 0.6 is 0 Å². The minimum atomic E-state index is -2.81. The van der Waals surface area contributed by atoms with E-state index in [0.29, 0.717) is 0 Å². The Labute approximate surface area is 447 Å². The summed E-state index contributed by atoms with van der Waals surface area (Å²) in [5.74, 6) is 0. The van der Waals surface area contributed by atoms with Gasteiger partial charge in [-0.2, -0.15) is 0 Å². The van der Waals surface area contributed by atoms with Crippen molar-refractivity contribution in [2.24, 2.45) is 0 Å². The number of hydrogen-bond donors (Lipinski definition) is 0. The first-order valence-electron chi connectivity index (χ1n) is 27.9. The van der Waals surface area contributed by atoms with Crippen LogP contribution in [0.1, 0.15) is 255 Å². The average molecular weight is 1020 g/mol. The van der Waals surface area contributed by atoms with Gasteiger partial charge in [0.05, 0.1) is 0 Å². The van der Waals surface area contributed by atoms with Crippen LogP contribution in [0.15, 0.2) is 75.3 Å². The van der Waals surface area contributed by atoms with Gasteiger partial charge in [-0.1, -0.05) is 0 Å². The Balaban J connectivity index is 0.00000748. The number of allylic oxidation sites excluding steroid dienone is 4. The van der Waals surface area contributed by atoms with Gasteiger partial charge in [0.2, 0.25) is 0 Å². The quantitative estimate of drug-likeness (QED) is 0.0313. The fourth-order valence-electron chi connectivity index (χ4n) is 10.8. The molecule has 0 N–H and O–H groups in total. The van der Waals surface area contributed by atoms with Gasteiger partial charge < -0.3 is 37.2 Å². The molecule has 1 aliphatic rings. The first-order chi connectivity index (χ1) is 31.4. The van der Waals surface area contributed by atoms with E-state index in [9.17, 15) is 0 Å². The molecule has 0 atom stereocenters. The SMILES string of the molecule is CCCCCCc1cc(CCCCCC)cc([Si](C2=[C]([Ti+3])C(CCC)=CC2)(c2cc(CCCCCC)cc(CCCCCC)c2)c2cc(CCCCCC)cc(CCCCCC)c2)c1.[Cl-].[Cl-].[Cl-]. The van der Waals surface area contributed by atoms with Crippen LogP contribution < -0.4 is 52.8 Å². The second-order valence-corrected chi connectivity index (χ2v) is 24.9. The summed E-state index contributed by atoms with van der Waals surface area (Å²) in [7, 11) is -2.81. The van der Waals surface area contributed by atoms with Crippen molar-refractivity contribution in [1.82, 2.24) is 0 Å². The van der Waals surface area contributed by atoms with Gasteiger partial charge in [-0.15, -0.1) is 0 Å². The molecule has 0 fully saturated rings. The Kier molecular flexibility index (Phi) is 36.0. The van der Waals surface area contributed by atoms with E-state index in [0.717, 1.165) is 6.42 Å². The van der Waals surface area contributed by atoms with E-state index in [1.165, 1.54) is 205 Å². The zero-order valence-corrected chi connectivity index (χ0v) is 49.1. The van der Waals surface area contributed by atoms with E-state index in [-0.39, 0.29) is 37.2 Å². The van der Waals surface area contributed by atoms with Gasteiger partial charge in [0.15, 0.2) is 0 Å². The first kappa shape index (κ1) is 64.0. The summed E-state index contributed by atoms with van der Waals surface area (Å²) >= 11 is 2.56. The molecule has 67 heavy (non-hydrogen) atoms. The number of rotatable bonds is 36. The van der Waals surface area contributed by atoms with Crippen molar-refractivity contribution < 1.29 is 57.7 Å². The summed E-state index contributed by atoms with van der Waals surface area (Å²) in [6.07, 6.45) is 45.1. The molecule has 3 aromatic rings. The molecule has 0 amide bonds. The van der Waals surface area contributed by atoms with Crippen molar-refractivity contribution >= 4 is 23.6 Å². The van der Waals surface area contributed by atoms with E-state index in [1.807, 2.05) is 0 Å². The molecule has 0 radical (unpaired) electrons. The molecule has 5 heteroatoms. The molecule has 3 aromatic carbocycles. The van der Waals surface area contributed by atoms with E-state index < -0.39 is 8.07 Å². The van der Waals surface area contributed by atoms with Crippen LogP contribution in [0.5, 0.6) is 0 Å². The minimum Gasteiger partial charge on any atom is -1.00 e. The maximum Gasteiger partial charge on any atom is -1.00 e. The Morgan fingerprint density at radius 3 is 0.806 bits per heavy atom. The van der Waals surface area contributed by atoms with Gasteiger partial charge >= 0.3 is 413 Å². The third kappa shape index (κ3) is 20.9. The van der Waals surface area contributed by atoms with E-state index in [1.54, 1.807) is 63.6 Å².